The Balaban J connectivity index is 2.92. The van der Waals surface area contributed by atoms with Gasteiger partial charge in [0.2, 0.25) is 0 Å². The molecule has 78 valence electrons. The summed E-state index contributed by atoms with van der Waals surface area (Å²) in [4.78, 5) is 4.76. The number of hydrogen-bond donors (Lipinski definition) is 1. The minimum Gasteiger partial charge on any atom is -0.305 e. The predicted octanol–water partition coefficient (Wildman–Crippen LogP) is 2.35. The van der Waals surface area contributed by atoms with Crippen LogP contribution in [0.5, 0.6) is 0 Å². The zero-order chi connectivity index (χ0) is 10.6. The van der Waals surface area contributed by atoms with E-state index in [1.54, 1.807) is 13.2 Å². The van der Waals surface area contributed by atoms with Gasteiger partial charge in [-0.3, -0.25) is 0 Å². The van der Waals surface area contributed by atoms with Crippen LogP contribution in [0.15, 0.2) is 12.1 Å². The Kier molecular flexibility index (Phi) is 4.04. The van der Waals surface area contributed by atoms with Crippen molar-refractivity contribution >= 4 is 0 Å². The third-order valence-corrected chi connectivity index (χ3v) is 2.29. The molecule has 3 heteroatoms. The van der Waals surface area contributed by atoms with Gasteiger partial charge in [0.1, 0.15) is 5.82 Å². The first-order valence-corrected chi connectivity index (χ1v) is 4.72. The van der Waals surface area contributed by atoms with E-state index in [0.717, 1.165) is 16.7 Å². The molecule has 0 saturated heterocycles. The predicted molar refractivity (Wildman–Crippen MR) is 54.4 cm³/mol. The van der Waals surface area contributed by atoms with Crippen molar-refractivity contribution in [2.75, 3.05) is 7.11 Å². The molecule has 0 aliphatic heterocycles. The smallest absolute Gasteiger partial charge is 0.126 e. The summed E-state index contributed by atoms with van der Waals surface area (Å²) in [5, 5.41) is 0. The van der Waals surface area contributed by atoms with Crippen LogP contribution < -0.4 is 5.48 Å². The van der Waals surface area contributed by atoms with Gasteiger partial charge < -0.3 is 4.84 Å². The van der Waals surface area contributed by atoms with Crippen LogP contribution in [-0.2, 0) is 17.8 Å². The summed E-state index contributed by atoms with van der Waals surface area (Å²) in [6, 6.07) is 3.46. The first-order valence-electron chi connectivity index (χ1n) is 4.72. The van der Waals surface area contributed by atoms with E-state index >= 15 is 0 Å². The van der Waals surface area contributed by atoms with Gasteiger partial charge >= 0.3 is 0 Å². The number of nitrogens with one attached hydrogen (secondary N) is 1. The van der Waals surface area contributed by atoms with Crippen molar-refractivity contribution in [2.24, 2.45) is 0 Å². The van der Waals surface area contributed by atoms with Gasteiger partial charge in [-0.05, 0) is 36.1 Å². The second kappa shape index (κ2) is 5.08. The summed E-state index contributed by atoms with van der Waals surface area (Å²) < 4.78 is 13.3. The molecule has 0 atom stereocenters. The normalized spacial score (nSPS) is 10.6. The van der Waals surface area contributed by atoms with E-state index in [1.165, 1.54) is 0 Å². The summed E-state index contributed by atoms with van der Waals surface area (Å²) in [7, 11) is 1.57. The van der Waals surface area contributed by atoms with E-state index in [4.69, 9.17) is 4.84 Å². The quantitative estimate of drug-likeness (QED) is 0.748. The SMILES string of the molecule is CCc1cc(CNOC)c(C)cc1F. The third kappa shape index (κ3) is 2.53. The number of hydroxylamine groups is 1. The fourth-order valence-electron chi connectivity index (χ4n) is 1.38. The molecule has 0 bridgehead atoms. The minimum absolute atomic E-state index is 0.119. The summed E-state index contributed by atoms with van der Waals surface area (Å²) in [5.74, 6) is -0.119. The molecule has 1 aromatic rings. The Morgan fingerprint density at radius 1 is 1.36 bits per heavy atom. The Bertz CT molecular complexity index is 312. The zero-order valence-electron chi connectivity index (χ0n) is 8.86. The van der Waals surface area contributed by atoms with Crippen LogP contribution >= 0.6 is 0 Å². The molecular formula is C11H16FNO. The molecule has 0 unspecified atom stereocenters. The largest absolute Gasteiger partial charge is 0.305 e. The molecule has 0 aliphatic rings. The van der Waals surface area contributed by atoms with Gasteiger partial charge in [0.15, 0.2) is 0 Å². The van der Waals surface area contributed by atoms with Crippen molar-refractivity contribution in [1.29, 1.82) is 0 Å². The van der Waals surface area contributed by atoms with Crippen molar-refractivity contribution in [3.63, 3.8) is 0 Å². The number of halogens is 1. The van der Waals surface area contributed by atoms with Crippen molar-refractivity contribution in [1.82, 2.24) is 5.48 Å². The van der Waals surface area contributed by atoms with Crippen molar-refractivity contribution in [2.45, 2.75) is 26.8 Å². The maximum absolute atomic E-state index is 13.3. The topological polar surface area (TPSA) is 21.3 Å². The summed E-state index contributed by atoms with van der Waals surface area (Å²) in [5.41, 5.74) is 5.53. The molecule has 1 N–H and O–H groups in total. The van der Waals surface area contributed by atoms with Crippen LogP contribution in [0.1, 0.15) is 23.6 Å². The maximum Gasteiger partial charge on any atom is 0.126 e. The average Bonchev–Trinajstić information content (AvgIpc) is 2.17. The van der Waals surface area contributed by atoms with Gasteiger partial charge in [0.05, 0.1) is 7.11 Å². The maximum atomic E-state index is 13.3. The first kappa shape index (κ1) is 11.1. The van der Waals surface area contributed by atoms with Crippen molar-refractivity contribution < 1.29 is 9.23 Å². The van der Waals surface area contributed by atoms with E-state index in [1.807, 2.05) is 19.9 Å². The number of rotatable bonds is 4. The number of benzene rings is 1. The average molecular weight is 197 g/mol. The molecule has 0 spiro atoms. The molecule has 14 heavy (non-hydrogen) atoms. The molecule has 0 heterocycles. The fourth-order valence-corrected chi connectivity index (χ4v) is 1.38. The Morgan fingerprint density at radius 3 is 2.64 bits per heavy atom. The summed E-state index contributed by atoms with van der Waals surface area (Å²) >= 11 is 0. The van der Waals surface area contributed by atoms with Gasteiger partial charge in [-0.25, -0.2) is 4.39 Å². The van der Waals surface area contributed by atoms with Gasteiger partial charge in [-0.2, -0.15) is 5.48 Å². The highest BCUT2D eigenvalue weighted by molar-refractivity contribution is 5.32. The summed E-state index contributed by atoms with van der Waals surface area (Å²) in [6.45, 7) is 4.45. The van der Waals surface area contributed by atoms with Crippen molar-refractivity contribution in [3.05, 3.63) is 34.6 Å². The van der Waals surface area contributed by atoms with Crippen LogP contribution in [0.2, 0.25) is 0 Å². The first-order chi connectivity index (χ1) is 6.69. The van der Waals surface area contributed by atoms with E-state index in [9.17, 15) is 4.39 Å². The molecule has 0 saturated carbocycles. The van der Waals surface area contributed by atoms with E-state index in [0.29, 0.717) is 13.0 Å². The van der Waals surface area contributed by atoms with Crippen LogP contribution in [0.3, 0.4) is 0 Å². The lowest BCUT2D eigenvalue weighted by Gasteiger charge is -2.09. The van der Waals surface area contributed by atoms with Crippen LogP contribution in [0.25, 0.3) is 0 Å². The molecule has 1 aromatic carbocycles. The van der Waals surface area contributed by atoms with Crippen LogP contribution in [0, 0.1) is 12.7 Å². The minimum atomic E-state index is -0.119. The standard InChI is InChI=1S/C11H16FNO/c1-4-9-6-10(7-13-14-3)8(2)5-11(9)12/h5-6,13H,4,7H2,1-3H3. The van der Waals surface area contributed by atoms with E-state index < -0.39 is 0 Å². The summed E-state index contributed by atoms with van der Waals surface area (Å²) in [6.07, 6.45) is 0.714. The highest BCUT2D eigenvalue weighted by Gasteiger charge is 2.05. The van der Waals surface area contributed by atoms with Gasteiger partial charge in [0.25, 0.3) is 0 Å². The van der Waals surface area contributed by atoms with Crippen LogP contribution in [0.4, 0.5) is 4.39 Å². The molecule has 0 radical (unpaired) electrons. The lowest BCUT2D eigenvalue weighted by Crippen LogP contribution is -2.12. The molecule has 0 aliphatic carbocycles. The Hall–Kier alpha value is -0.930. The van der Waals surface area contributed by atoms with Crippen molar-refractivity contribution in [3.8, 4) is 0 Å². The Morgan fingerprint density at radius 2 is 2.07 bits per heavy atom. The molecule has 1 rings (SSSR count). The van der Waals surface area contributed by atoms with E-state index in [-0.39, 0.29) is 5.82 Å². The highest BCUT2D eigenvalue weighted by atomic mass is 19.1. The fraction of sp³-hybridized carbons (Fsp3) is 0.455. The highest BCUT2D eigenvalue weighted by Crippen LogP contribution is 2.15. The second-order valence-electron chi connectivity index (χ2n) is 3.25. The lowest BCUT2D eigenvalue weighted by atomic mass is 10.0. The second-order valence-corrected chi connectivity index (χ2v) is 3.25. The van der Waals surface area contributed by atoms with Crippen LogP contribution in [-0.4, -0.2) is 7.11 Å². The van der Waals surface area contributed by atoms with Gasteiger partial charge in [-0.15, -0.1) is 0 Å². The third-order valence-electron chi connectivity index (χ3n) is 2.29. The molecule has 2 nitrogen and oxygen atoms in total. The molecular weight excluding hydrogens is 181 g/mol. The monoisotopic (exact) mass is 197 g/mol. The van der Waals surface area contributed by atoms with Gasteiger partial charge in [-0.1, -0.05) is 13.0 Å². The zero-order valence-corrected chi connectivity index (χ0v) is 8.86. The molecule has 0 aromatic heterocycles. The van der Waals surface area contributed by atoms with E-state index in [2.05, 4.69) is 5.48 Å². The lowest BCUT2D eigenvalue weighted by molar-refractivity contribution is 0.0865. The number of aryl methyl sites for hydroxylation is 2. The molecule has 0 fully saturated rings. The number of hydrogen-bond acceptors (Lipinski definition) is 2. The molecule has 0 amide bonds. The van der Waals surface area contributed by atoms with Gasteiger partial charge in [0, 0.05) is 6.54 Å². The Labute approximate surface area is 84.0 Å².